The van der Waals surface area contributed by atoms with Crippen molar-refractivity contribution in [2.24, 2.45) is 5.92 Å². The number of ether oxygens (including phenoxy) is 3. The lowest BCUT2D eigenvalue weighted by atomic mass is 9.97. The molecule has 6 heteroatoms. The van der Waals surface area contributed by atoms with Crippen LogP contribution in [0.1, 0.15) is 26.3 Å². The van der Waals surface area contributed by atoms with E-state index in [4.69, 9.17) is 14.2 Å². The molecule has 0 bridgehead atoms. The topological polar surface area (TPSA) is 65.0 Å². The molecule has 0 spiro atoms. The van der Waals surface area contributed by atoms with Crippen LogP contribution in [0.2, 0.25) is 0 Å². The third kappa shape index (κ3) is 8.58. The van der Waals surface area contributed by atoms with Gasteiger partial charge in [-0.05, 0) is 67.2 Å². The van der Waals surface area contributed by atoms with Crippen molar-refractivity contribution in [1.29, 1.82) is 0 Å². The molecule has 0 fully saturated rings. The third-order valence-electron chi connectivity index (χ3n) is 5.17. The monoisotopic (exact) mass is 480 g/mol. The first kappa shape index (κ1) is 27.6. The van der Waals surface area contributed by atoms with E-state index in [1.54, 1.807) is 26.8 Å². The van der Waals surface area contributed by atoms with Crippen LogP contribution in [0, 0.1) is 11.7 Å². The molecular weight excluding hydrogens is 447 g/mol. The molecule has 0 saturated carbocycles. The second-order valence-electron chi connectivity index (χ2n) is 8.62. The van der Waals surface area contributed by atoms with Gasteiger partial charge in [0.1, 0.15) is 5.76 Å². The zero-order valence-corrected chi connectivity index (χ0v) is 20.6. The average molecular weight is 481 g/mol. The summed E-state index contributed by atoms with van der Waals surface area (Å²) in [5, 5.41) is 9.75. The Morgan fingerprint density at radius 1 is 0.914 bits per heavy atom. The van der Waals surface area contributed by atoms with Gasteiger partial charge >= 0.3 is 5.97 Å². The highest BCUT2D eigenvalue weighted by molar-refractivity contribution is 5.86. The minimum atomic E-state index is -1.27. The van der Waals surface area contributed by atoms with E-state index in [2.05, 4.69) is 26.3 Å². The molecule has 2 atom stereocenters. The quantitative estimate of drug-likeness (QED) is 0.0930. The molecule has 0 heterocycles. The molecule has 2 aromatic rings. The number of carbonyl (C=O) groups excluding carboxylic acids is 1. The fourth-order valence-electron chi connectivity index (χ4n) is 2.99. The molecular formula is C29H33FO5. The van der Waals surface area contributed by atoms with Crippen molar-refractivity contribution < 1.29 is 28.5 Å². The van der Waals surface area contributed by atoms with Gasteiger partial charge in [-0.3, -0.25) is 0 Å². The van der Waals surface area contributed by atoms with Crippen molar-refractivity contribution in [3.05, 3.63) is 103 Å². The van der Waals surface area contributed by atoms with Crippen LogP contribution in [0.4, 0.5) is 4.39 Å². The van der Waals surface area contributed by atoms with E-state index in [0.29, 0.717) is 35.5 Å². The fourth-order valence-corrected chi connectivity index (χ4v) is 2.99. The number of rotatable bonds is 13. The second kappa shape index (κ2) is 12.7. The first-order valence-electron chi connectivity index (χ1n) is 11.2. The third-order valence-corrected chi connectivity index (χ3v) is 5.17. The van der Waals surface area contributed by atoms with Gasteiger partial charge in [-0.15, -0.1) is 0 Å². The van der Waals surface area contributed by atoms with E-state index >= 15 is 0 Å². The number of allylic oxidation sites excluding steroid dienone is 1. The maximum atomic E-state index is 14.5. The lowest BCUT2D eigenvalue weighted by Gasteiger charge is -2.19. The summed E-state index contributed by atoms with van der Waals surface area (Å²) in [7, 11) is 0. The Morgan fingerprint density at radius 2 is 1.51 bits per heavy atom. The predicted molar refractivity (Wildman–Crippen MR) is 136 cm³/mol. The normalized spacial score (nSPS) is 12.3. The molecule has 0 saturated heterocycles. The average Bonchev–Trinajstić information content (AvgIpc) is 2.81. The van der Waals surface area contributed by atoms with E-state index in [1.165, 1.54) is 12.1 Å². The van der Waals surface area contributed by atoms with Crippen molar-refractivity contribution in [2.45, 2.75) is 33.5 Å². The van der Waals surface area contributed by atoms with E-state index < -0.39 is 18.1 Å². The van der Waals surface area contributed by atoms with Gasteiger partial charge < -0.3 is 19.3 Å². The summed E-state index contributed by atoms with van der Waals surface area (Å²) in [6, 6.07) is 12.2. The number of aliphatic hydroxyl groups excluding tert-OH is 1. The Bertz CT molecular complexity index is 1070. The van der Waals surface area contributed by atoms with E-state index in [-0.39, 0.29) is 18.3 Å². The largest absolute Gasteiger partial charge is 0.494 e. The molecule has 1 N–H and O–H groups in total. The number of esters is 1. The van der Waals surface area contributed by atoms with Crippen LogP contribution in [0.25, 0.3) is 11.1 Å². The molecule has 0 aliphatic heterocycles. The van der Waals surface area contributed by atoms with Crippen molar-refractivity contribution in [2.75, 3.05) is 13.2 Å². The molecule has 0 radical (unpaired) electrons. The number of aliphatic hydroxyl groups is 1. The van der Waals surface area contributed by atoms with Crippen LogP contribution in [0.15, 0.2) is 91.3 Å². The number of halogens is 1. The number of hydrogen-bond donors (Lipinski definition) is 1. The Balaban J connectivity index is 2.11. The van der Waals surface area contributed by atoms with Gasteiger partial charge in [-0.25, -0.2) is 9.18 Å². The maximum absolute atomic E-state index is 14.5. The molecule has 2 unspecified atom stereocenters. The molecule has 0 aromatic heterocycles. The smallest absolute Gasteiger partial charge is 0.333 e. The van der Waals surface area contributed by atoms with Crippen LogP contribution < -0.4 is 4.74 Å². The van der Waals surface area contributed by atoms with Gasteiger partial charge in [0.25, 0.3) is 0 Å². The summed E-state index contributed by atoms with van der Waals surface area (Å²) in [6.45, 7) is 20.3. The molecule has 186 valence electrons. The number of carbonyl (C=O) groups is 1. The lowest BCUT2D eigenvalue weighted by Crippen LogP contribution is -2.21. The predicted octanol–water partition coefficient (Wildman–Crippen LogP) is 6.15. The molecule has 2 aromatic carbocycles. The highest BCUT2D eigenvalue weighted by Crippen LogP contribution is 2.27. The van der Waals surface area contributed by atoms with E-state index in [0.717, 1.165) is 16.7 Å². The van der Waals surface area contributed by atoms with Crippen molar-refractivity contribution in [3.63, 3.8) is 0 Å². The first-order chi connectivity index (χ1) is 16.5. The molecule has 5 nitrogen and oxygen atoms in total. The Labute approximate surface area is 206 Å². The lowest BCUT2D eigenvalue weighted by molar-refractivity contribution is -0.140. The summed E-state index contributed by atoms with van der Waals surface area (Å²) in [4.78, 5) is 11.8. The fraction of sp³-hybridized carbons (Fsp3) is 0.276. The summed E-state index contributed by atoms with van der Waals surface area (Å²) in [6.07, 6.45) is -0.679. The van der Waals surface area contributed by atoms with Gasteiger partial charge in [-0.2, -0.15) is 0 Å². The highest BCUT2D eigenvalue weighted by Gasteiger charge is 2.16. The van der Waals surface area contributed by atoms with Crippen molar-refractivity contribution in [1.82, 2.24) is 0 Å². The highest BCUT2D eigenvalue weighted by atomic mass is 19.1. The van der Waals surface area contributed by atoms with Crippen molar-refractivity contribution in [3.8, 4) is 16.9 Å². The zero-order chi connectivity index (χ0) is 26.1. The summed E-state index contributed by atoms with van der Waals surface area (Å²) >= 11 is 0. The minimum absolute atomic E-state index is 0.0515. The van der Waals surface area contributed by atoms with Gasteiger partial charge in [-0.1, -0.05) is 56.6 Å². The van der Waals surface area contributed by atoms with Crippen LogP contribution in [-0.2, 0) is 20.7 Å². The van der Waals surface area contributed by atoms with Crippen LogP contribution in [0.5, 0.6) is 5.75 Å². The summed E-state index contributed by atoms with van der Waals surface area (Å²) in [5.74, 6) is -0.713. The Morgan fingerprint density at radius 3 is 2.06 bits per heavy atom. The molecule has 35 heavy (non-hydrogen) atoms. The Hall–Kier alpha value is -3.64. The van der Waals surface area contributed by atoms with Gasteiger partial charge in [0.05, 0.1) is 13.2 Å². The summed E-state index contributed by atoms with van der Waals surface area (Å²) in [5.41, 5.74) is 3.92. The molecule has 0 aliphatic rings. The number of hydrogen-bond acceptors (Lipinski definition) is 5. The molecule has 0 aliphatic carbocycles. The second-order valence-corrected chi connectivity index (χ2v) is 8.62. The number of benzene rings is 2. The summed E-state index contributed by atoms with van der Waals surface area (Å²) < 4.78 is 30.7. The molecule has 2 rings (SSSR count). The van der Waals surface area contributed by atoms with Crippen LogP contribution in [0.3, 0.4) is 0 Å². The molecule has 0 amide bonds. The van der Waals surface area contributed by atoms with Crippen LogP contribution >= 0.6 is 0 Å². The minimum Gasteiger partial charge on any atom is -0.494 e. The SMILES string of the molecule is C=C(C)C(=C)OCC(COC(=O)C(=C)C)Cc1ccc(-c2ccc(OC(O)C(=C)C)c(F)c2)cc1. The first-order valence-corrected chi connectivity index (χ1v) is 11.2. The van der Waals surface area contributed by atoms with Gasteiger partial charge in [0, 0.05) is 11.5 Å². The van der Waals surface area contributed by atoms with Crippen molar-refractivity contribution >= 4 is 5.97 Å². The van der Waals surface area contributed by atoms with Crippen LogP contribution in [-0.4, -0.2) is 30.6 Å². The van der Waals surface area contributed by atoms with Gasteiger partial charge in [0.15, 0.2) is 11.6 Å². The standard InChI is InChI=1S/C29H33FO5/c1-18(2)21(7)33-16-23(17-34-28(31)19(3)4)14-22-8-10-24(11-9-22)25-12-13-27(26(30)15-25)35-29(32)20(5)6/h8-13,15,23,29,32H,1,3,5,7,14,16-17H2,2,4,6H3. The Kier molecular flexibility index (Phi) is 10.0. The van der Waals surface area contributed by atoms with E-state index in [9.17, 15) is 14.3 Å². The van der Waals surface area contributed by atoms with Gasteiger partial charge in [0.2, 0.25) is 6.29 Å². The zero-order valence-electron chi connectivity index (χ0n) is 20.6. The maximum Gasteiger partial charge on any atom is 0.333 e. The van der Waals surface area contributed by atoms with E-state index in [1.807, 2.05) is 24.3 Å².